The predicted octanol–water partition coefficient (Wildman–Crippen LogP) is 2.37. The minimum atomic E-state index is -2.38. The molecule has 0 N–H and O–H groups in total. The van der Waals surface area contributed by atoms with Crippen molar-refractivity contribution in [1.82, 2.24) is 0 Å². The first-order valence-electron chi connectivity index (χ1n) is 6.42. The summed E-state index contributed by atoms with van der Waals surface area (Å²) in [6.07, 6.45) is 1.18. The third kappa shape index (κ3) is 5.05. The Morgan fingerprint density at radius 3 is 2.00 bits per heavy atom. The van der Waals surface area contributed by atoms with Gasteiger partial charge in [0, 0.05) is 27.1 Å². The zero-order valence-electron chi connectivity index (χ0n) is 12.3. The Bertz CT molecular complexity index is 243. The van der Waals surface area contributed by atoms with Gasteiger partial charge in [-0.25, -0.2) is 0 Å². The number of hydrogen-bond acceptors (Lipinski definition) is 5. The maximum atomic E-state index is 11.3. The molecular weight excluding hydrogens is 252 g/mol. The van der Waals surface area contributed by atoms with E-state index in [0.717, 1.165) is 6.42 Å². The fraction of sp³-hybridized carbons (Fsp3) is 0.917. The van der Waals surface area contributed by atoms with Crippen molar-refractivity contribution in [3.8, 4) is 0 Å². The van der Waals surface area contributed by atoms with Crippen LogP contribution in [0.5, 0.6) is 0 Å². The molecule has 0 saturated carbocycles. The molecule has 0 aromatic carbocycles. The zero-order chi connectivity index (χ0) is 14.2. The van der Waals surface area contributed by atoms with Crippen molar-refractivity contribution in [3.05, 3.63) is 0 Å². The van der Waals surface area contributed by atoms with Crippen LogP contribution in [-0.2, 0) is 23.1 Å². The van der Waals surface area contributed by atoms with Crippen molar-refractivity contribution >= 4 is 14.5 Å². The molecule has 0 spiro atoms. The van der Waals surface area contributed by atoms with Crippen molar-refractivity contribution < 1.29 is 23.1 Å². The van der Waals surface area contributed by atoms with Crippen LogP contribution in [0.3, 0.4) is 0 Å². The van der Waals surface area contributed by atoms with Crippen LogP contribution in [0.2, 0.25) is 6.55 Å². The fourth-order valence-corrected chi connectivity index (χ4v) is 3.39. The van der Waals surface area contributed by atoms with Gasteiger partial charge >= 0.3 is 14.5 Å². The number of esters is 1. The van der Waals surface area contributed by atoms with Gasteiger partial charge in [-0.3, -0.25) is 4.79 Å². The first-order chi connectivity index (χ1) is 8.47. The summed E-state index contributed by atoms with van der Waals surface area (Å²) in [5.41, 5.74) is -0.165. The van der Waals surface area contributed by atoms with Gasteiger partial charge in [-0.2, -0.15) is 0 Å². The lowest BCUT2D eigenvalue weighted by Crippen LogP contribution is -2.52. The summed E-state index contributed by atoms with van der Waals surface area (Å²) in [5, 5.41) is 0. The second-order valence-corrected chi connectivity index (χ2v) is 7.63. The van der Waals surface area contributed by atoms with Gasteiger partial charge in [0.15, 0.2) is 0 Å². The average molecular weight is 278 g/mol. The van der Waals surface area contributed by atoms with Crippen LogP contribution in [-0.4, -0.2) is 40.8 Å². The van der Waals surface area contributed by atoms with Gasteiger partial charge in [0.2, 0.25) is 6.29 Å². The summed E-state index contributed by atoms with van der Waals surface area (Å²) in [6.45, 7) is 7.62. The minimum Gasteiger partial charge on any atom is -0.436 e. The Morgan fingerprint density at radius 1 is 1.11 bits per heavy atom. The molecule has 2 atom stereocenters. The molecule has 0 bridgehead atoms. The van der Waals surface area contributed by atoms with E-state index >= 15 is 0 Å². The van der Waals surface area contributed by atoms with E-state index in [0.29, 0.717) is 12.8 Å². The number of carbonyl (C=O) groups is 1. The van der Waals surface area contributed by atoms with Crippen LogP contribution in [0.1, 0.15) is 40.0 Å². The van der Waals surface area contributed by atoms with Crippen molar-refractivity contribution in [2.24, 2.45) is 0 Å². The highest BCUT2D eigenvalue weighted by Gasteiger charge is 2.41. The summed E-state index contributed by atoms with van der Waals surface area (Å²) in [7, 11) is 0.871. The second kappa shape index (κ2) is 8.63. The van der Waals surface area contributed by atoms with Crippen LogP contribution in [0.15, 0.2) is 0 Å². The van der Waals surface area contributed by atoms with Crippen LogP contribution >= 0.6 is 0 Å². The van der Waals surface area contributed by atoms with Crippen molar-refractivity contribution in [3.63, 3.8) is 0 Å². The standard InChI is InChI=1S/C12H26O5Si/c1-7-10(13)16-11(8-2)17-12(9-3)18(6,14-4)15-5/h11-12H,7-9H2,1-6H3. The molecule has 2 unspecified atom stereocenters. The maximum Gasteiger partial charge on any atom is 0.364 e. The Morgan fingerprint density at radius 2 is 1.67 bits per heavy atom. The topological polar surface area (TPSA) is 54.0 Å². The van der Waals surface area contributed by atoms with E-state index in [1.807, 2.05) is 20.4 Å². The lowest BCUT2D eigenvalue weighted by Gasteiger charge is -2.33. The van der Waals surface area contributed by atoms with Crippen LogP contribution in [0, 0.1) is 0 Å². The highest BCUT2D eigenvalue weighted by molar-refractivity contribution is 6.67. The normalized spacial score (nSPS) is 15.2. The molecule has 108 valence electrons. The van der Waals surface area contributed by atoms with Gasteiger partial charge in [-0.1, -0.05) is 20.8 Å². The molecule has 0 aromatic heterocycles. The van der Waals surface area contributed by atoms with Gasteiger partial charge < -0.3 is 18.3 Å². The Labute approximate surface area is 111 Å². The smallest absolute Gasteiger partial charge is 0.364 e. The molecule has 0 heterocycles. The number of rotatable bonds is 9. The number of carbonyl (C=O) groups excluding carboxylic acids is 1. The van der Waals surface area contributed by atoms with Gasteiger partial charge in [0.1, 0.15) is 5.73 Å². The Hall–Kier alpha value is -0.433. The molecular formula is C12H26O5Si. The SMILES string of the molecule is CCC(=O)OC(CC)OC(CC)[Si](C)(OC)OC. The summed E-state index contributed by atoms with van der Waals surface area (Å²) in [4.78, 5) is 11.3. The van der Waals surface area contributed by atoms with Crippen molar-refractivity contribution in [2.75, 3.05) is 14.2 Å². The van der Waals surface area contributed by atoms with Crippen LogP contribution < -0.4 is 0 Å². The molecule has 0 fully saturated rings. The Kier molecular flexibility index (Phi) is 8.42. The second-order valence-electron chi connectivity index (χ2n) is 4.14. The van der Waals surface area contributed by atoms with E-state index < -0.39 is 14.9 Å². The molecule has 0 aromatic rings. The summed E-state index contributed by atoms with van der Waals surface area (Å²) in [5.74, 6) is -0.255. The van der Waals surface area contributed by atoms with E-state index in [1.54, 1.807) is 21.1 Å². The van der Waals surface area contributed by atoms with Gasteiger partial charge in [0.05, 0.1) is 0 Å². The molecule has 0 saturated heterocycles. The largest absolute Gasteiger partial charge is 0.436 e. The van der Waals surface area contributed by atoms with Crippen molar-refractivity contribution in [2.45, 2.75) is 58.6 Å². The molecule has 0 amide bonds. The molecule has 5 nitrogen and oxygen atoms in total. The summed E-state index contributed by atoms with van der Waals surface area (Å²) >= 11 is 0. The van der Waals surface area contributed by atoms with Gasteiger partial charge in [0.25, 0.3) is 0 Å². The molecule has 0 radical (unpaired) electrons. The lowest BCUT2D eigenvalue weighted by molar-refractivity contribution is -0.186. The van der Waals surface area contributed by atoms with Crippen LogP contribution in [0.4, 0.5) is 0 Å². The highest BCUT2D eigenvalue weighted by atomic mass is 28.4. The monoisotopic (exact) mass is 278 g/mol. The van der Waals surface area contributed by atoms with Crippen LogP contribution in [0.25, 0.3) is 0 Å². The fourth-order valence-electron chi connectivity index (χ4n) is 1.56. The summed E-state index contributed by atoms with van der Waals surface area (Å²) < 4.78 is 22.0. The molecule has 18 heavy (non-hydrogen) atoms. The third-order valence-electron chi connectivity index (χ3n) is 2.97. The zero-order valence-corrected chi connectivity index (χ0v) is 13.3. The molecule has 6 heteroatoms. The average Bonchev–Trinajstić information content (AvgIpc) is 2.41. The van der Waals surface area contributed by atoms with E-state index in [1.165, 1.54) is 0 Å². The Balaban J connectivity index is 4.62. The van der Waals surface area contributed by atoms with E-state index in [2.05, 4.69) is 0 Å². The quantitative estimate of drug-likeness (QED) is 0.368. The highest BCUT2D eigenvalue weighted by Crippen LogP contribution is 2.20. The third-order valence-corrected chi connectivity index (χ3v) is 6.30. The molecule has 0 rings (SSSR count). The minimum absolute atomic E-state index is 0.165. The first-order valence-corrected chi connectivity index (χ1v) is 8.81. The molecule has 0 aliphatic carbocycles. The predicted molar refractivity (Wildman–Crippen MR) is 71.3 cm³/mol. The van der Waals surface area contributed by atoms with E-state index in [9.17, 15) is 4.79 Å². The molecule has 0 aliphatic rings. The van der Waals surface area contributed by atoms with Gasteiger partial charge in [-0.05, 0) is 13.0 Å². The van der Waals surface area contributed by atoms with Crippen molar-refractivity contribution in [1.29, 1.82) is 0 Å². The maximum absolute atomic E-state index is 11.3. The first kappa shape index (κ1) is 17.6. The van der Waals surface area contributed by atoms with E-state index in [4.69, 9.17) is 18.3 Å². The number of hydrogen-bond donors (Lipinski definition) is 0. The lowest BCUT2D eigenvalue weighted by atomic mass is 10.4. The van der Waals surface area contributed by atoms with E-state index in [-0.39, 0.29) is 11.7 Å². The number of ether oxygens (including phenoxy) is 2. The molecule has 0 aliphatic heterocycles. The van der Waals surface area contributed by atoms with Gasteiger partial charge in [-0.15, -0.1) is 0 Å². The summed E-state index contributed by atoms with van der Waals surface area (Å²) in [6, 6.07) is 0.